The Kier molecular flexibility index (Phi) is 3.84. The molecule has 0 bridgehead atoms. The molecule has 1 atom stereocenters. The summed E-state index contributed by atoms with van der Waals surface area (Å²) in [5, 5.41) is 3.09. The number of hydrogen-bond acceptors (Lipinski definition) is 1. The van der Waals surface area contributed by atoms with E-state index in [1.807, 2.05) is 20.0 Å². The zero-order valence-electron chi connectivity index (χ0n) is 8.27. The lowest BCUT2D eigenvalue weighted by Crippen LogP contribution is -2.17. The Balaban J connectivity index is 3.16. The Morgan fingerprint density at radius 2 is 2.21 bits per heavy atom. The maximum absolute atomic E-state index is 13.2. The van der Waals surface area contributed by atoms with Gasteiger partial charge in [0.1, 0.15) is 5.82 Å². The van der Waals surface area contributed by atoms with Crippen molar-refractivity contribution in [3.8, 4) is 0 Å². The van der Waals surface area contributed by atoms with Crippen molar-refractivity contribution >= 4 is 15.9 Å². The van der Waals surface area contributed by atoms with Gasteiger partial charge in [-0.3, -0.25) is 0 Å². The van der Waals surface area contributed by atoms with Crippen molar-refractivity contribution < 1.29 is 4.39 Å². The van der Waals surface area contributed by atoms with Crippen LogP contribution in [0.2, 0.25) is 0 Å². The molecule has 0 spiro atoms. The van der Waals surface area contributed by atoms with Crippen LogP contribution in [0.4, 0.5) is 4.39 Å². The van der Waals surface area contributed by atoms with Crippen molar-refractivity contribution in [2.24, 2.45) is 0 Å². The van der Waals surface area contributed by atoms with Gasteiger partial charge < -0.3 is 5.32 Å². The van der Waals surface area contributed by atoms with Gasteiger partial charge in [0.15, 0.2) is 0 Å². The van der Waals surface area contributed by atoms with Crippen LogP contribution in [-0.4, -0.2) is 7.05 Å². The third-order valence-electron chi connectivity index (χ3n) is 2.07. The minimum atomic E-state index is -0.246. The maximum atomic E-state index is 13.2. The van der Waals surface area contributed by atoms with Crippen LogP contribution >= 0.6 is 15.9 Å². The van der Waals surface area contributed by atoms with E-state index >= 15 is 0 Å². The lowest BCUT2D eigenvalue weighted by atomic mass is 10.0. The van der Waals surface area contributed by atoms with E-state index in [-0.39, 0.29) is 11.9 Å². The van der Waals surface area contributed by atoms with Crippen LogP contribution in [0.1, 0.15) is 18.5 Å². The molecule has 1 rings (SSSR count). The monoisotopic (exact) mass is 257 g/mol. The highest BCUT2D eigenvalue weighted by atomic mass is 79.9. The normalized spacial score (nSPS) is 12.6. The van der Waals surface area contributed by atoms with Gasteiger partial charge in [0, 0.05) is 0 Å². The summed E-state index contributed by atoms with van der Waals surface area (Å²) in [7, 11) is 1.83. The summed E-state index contributed by atoms with van der Waals surface area (Å²) in [6.45, 7) is 5.78. The van der Waals surface area contributed by atoms with Crippen molar-refractivity contribution in [3.05, 3.63) is 46.2 Å². The highest BCUT2D eigenvalue weighted by molar-refractivity contribution is 9.10. The van der Waals surface area contributed by atoms with Gasteiger partial charge in [0.2, 0.25) is 0 Å². The smallest absolute Gasteiger partial charge is 0.137 e. The Hall–Kier alpha value is -0.670. The van der Waals surface area contributed by atoms with Crippen LogP contribution < -0.4 is 5.32 Å². The van der Waals surface area contributed by atoms with E-state index in [2.05, 4.69) is 27.8 Å². The predicted octanol–water partition coefficient (Wildman–Crippen LogP) is 3.42. The second-order valence-electron chi connectivity index (χ2n) is 3.21. The highest BCUT2D eigenvalue weighted by Gasteiger charge is 2.14. The summed E-state index contributed by atoms with van der Waals surface area (Å²) in [5.41, 5.74) is 1.83. The van der Waals surface area contributed by atoms with Crippen molar-refractivity contribution in [3.63, 3.8) is 0 Å². The SMILES string of the molecule is C=C(C)C(NC)c1cccc(F)c1Br. The van der Waals surface area contributed by atoms with Crippen LogP contribution in [0.15, 0.2) is 34.8 Å². The average molecular weight is 258 g/mol. The highest BCUT2D eigenvalue weighted by Crippen LogP contribution is 2.29. The summed E-state index contributed by atoms with van der Waals surface area (Å²) < 4.78 is 13.7. The van der Waals surface area contributed by atoms with Crippen LogP contribution in [-0.2, 0) is 0 Å². The molecule has 76 valence electrons. The van der Waals surface area contributed by atoms with E-state index in [0.717, 1.165) is 11.1 Å². The van der Waals surface area contributed by atoms with Gasteiger partial charge in [-0.05, 0) is 41.5 Å². The summed E-state index contributed by atoms with van der Waals surface area (Å²) in [4.78, 5) is 0. The Labute approximate surface area is 92.1 Å². The van der Waals surface area contributed by atoms with Gasteiger partial charge in [-0.1, -0.05) is 24.3 Å². The summed E-state index contributed by atoms with van der Waals surface area (Å²) in [5.74, 6) is -0.246. The van der Waals surface area contributed by atoms with Gasteiger partial charge in [0.25, 0.3) is 0 Å². The van der Waals surface area contributed by atoms with Gasteiger partial charge in [-0.25, -0.2) is 4.39 Å². The minimum absolute atomic E-state index is 0.0138. The zero-order chi connectivity index (χ0) is 10.7. The topological polar surface area (TPSA) is 12.0 Å². The quantitative estimate of drug-likeness (QED) is 0.819. The molecule has 1 aromatic carbocycles. The molecule has 0 saturated carbocycles. The lowest BCUT2D eigenvalue weighted by molar-refractivity contribution is 0.606. The fourth-order valence-corrected chi connectivity index (χ4v) is 1.90. The number of halogens is 2. The van der Waals surface area contributed by atoms with Crippen LogP contribution in [0.3, 0.4) is 0 Å². The maximum Gasteiger partial charge on any atom is 0.137 e. The number of rotatable bonds is 3. The third kappa shape index (κ3) is 2.22. The Morgan fingerprint density at radius 3 is 2.71 bits per heavy atom. The Morgan fingerprint density at radius 1 is 1.57 bits per heavy atom. The second-order valence-corrected chi connectivity index (χ2v) is 4.00. The van der Waals surface area contributed by atoms with Crippen molar-refractivity contribution in [1.29, 1.82) is 0 Å². The molecule has 0 aromatic heterocycles. The molecule has 0 aliphatic carbocycles. The largest absolute Gasteiger partial charge is 0.310 e. The van der Waals surface area contributed by atoms with Crippen molar-refractivity contribution in [1.82, 2.24) is 5.32 Å². The van der Waals surface area contributed by atoms with E-state index in [9.17, 15) is 4.39 Å². The van der Waals surface area contributed by atoms with Crippen molar-refractivity contribution in [2.75, 3.05) is 7.05 Å². The fraction of sp³-hybridized carbons (Fsp3) is 0.273. The molecule has 0 saturated heterocycles. The number of nitrogens with one attached hydrogen (secondary N) is 1. The molecule has 0 aliphatic heterocycles. The molecule has 1 nitrogen and oxygen atoms in total. The van der Waals surface area contributed by atoms with E-state index in [0.29, 0.717) is 4.47 Å². The van der Waals surface area contributed by atoms with Crippen LogP contribution in [0, 0.1) is 5.82 Å². The molecule has 14 heavy (non-hydrogen) atoms. The van der Waals surface area contributed by atoms with Gasteiger partial charge >= 0.3 is 0 Å². The van der Waals surface area contributed by atoms with Crippen LogP contribution in [0.25, 0.3) is 0 Å². The zero-order valence-corrected chi connectivity index (χ0v) is 9.86. The molecular weight excluding hydrogens is 245 g/mol. The van der Waals surface area contributed by atoms with Crippen LogP contribution in [0.5, 0.6) is 0 Å². The molecular formula is C11H13BrFN. The molecule has 1 unspecified atom stereocenters. The van der Waals surface area contributed by atoms with Gasteiger partial charge in [0.05, 0.1) is 10.5 Å². The molecule has 3 heteroatoms. The van der Waals surface area contributed by atoms with E-state index < -0.39 is 0 Å². The predicted molar refractivity (Wildman–Crippen MR) is 60.7 cm³/mol. The number of hydrogen-bond donors (Lipinski definition) is 1. The summed E-state index contributed by atoms with van der Waals surface area (Å²) >= 11 is 3.23. The van der Waals surface area contributed by atoms with E-state index in [1.54, 1.807) is 6.07 Å². The molecule has 0 fully saturated rings. The number of benzene rings is 1. The molecule has 0 heterocycles. The van der Waals surface area contributed by atoms with E-state index in [1.165, 1.54) is 6.07 Å². The van der Waals surface area contributed by atoms with E-state index in [4.69, 9.17) is 0 Å². The first-order valence-corrected chi connectivity index (χ1v) is 5.13. The first-order chi connectivity index (χ1) is 6.57. The summed E-state index contributed by atoms with van der Waals surface area (Å²) in [6, 6.07) is 4.99. The third-order valence-corrected chi connectivity index (χ3v) is 2.91. The Bertz CT molecular complexity index is 349. The number of likely N-dealkylation sites (N-methyl/N-ethyl adjacent to an activating group) is 1. The second kappa shape index (κ2) is 4.71. The first-order valence-electron chi connectivity index (χ1n) is 4.34. The van der Waals surface area contributed by atoms with Gasteiger partial charge in [-0.15, -0.1) is 0 Å². The molecule has 1 N–H and O–H groups in total. The molecule has 1 aromatic rings. The standard InChI is InChI=1S/C11H13BrFN/c1-7(2)11(14-3)8-5-4-6-9(13)10(8)12/h4-6,11,14H,1H2,2-3H3. The lowest BCUT2D eigenvalue weighted by Gasteiger charge is -2.18. The average Bonchev–Trinajstić information content (AvgIpc) is 2.13. The summed E-state index contributed by atoms with van der Waals surface area (Å²) in [6.07, 6.45) is 0. The first kappa shape index (κ1) is 11.4. The van der Waals surface area contributed by atoms with Gasteiger partial charge in [-0.2, -0.15) is 0 Å². The molecule has 0 radical (unpaired) electrons. The molecule has 0 amide bonds. The van der Waals surface area contributed by atoms with Crippen molar-refractivity contribution in [2.45, 2.75) is 13.0 Å². The minimum Gasteiger partial charge on any atom is -0.310 e. The molecule has 0 aliphatic rings. The fourth-order valence-electron chi connectivity index (χ4n) is 1.41.